The molecule has 1 amide bonds. The van der Waals surface area contributed by atoms with Crippen LogP contribution in [0.15, 0.2) is 51.8 Å². The summed E-state index contributed by atoms with van der Waals surface area (Å²) in [6.45, 7) is 2.10. The lowest BCUT2D eigenvalue weighted by Crippen LogP contribution is -2.37. The summed E-state index contributed by atoms with van der Waals surface area (Å²) < 4.78 is 34.9. The molecule has 0 N–H and O–H groups in total. The third-order valence-corrected chi connectivity index (χ3v) is 9.25. The van der Waals surface area contributed by atoms with Gasteiger partial charge in [-0.1, -0.05) is 27.3 Å². The molecule has 4 rings (SSSR count). The third kappa shape index (κ3) is 6.10. The van der Waals surface area contributed by atoms with Crippen LogP contribution in [0.1, 0.15) is 23.2 Å². The van der Waals surface area contributed by atoms with E-state index in [1.807, 2.05) is 37.2 Å². The molecule has 1 atom stereocenters. The zero-order valence-corrected chi connectivity index (χ0v) is 23.2. The summed E-state index contributed by atoms with van der Waals surface area (Å²) in [5.41, 5.74) is 1.23. The number of likely N-dealkylation sites (N-methyl/N-ethyl adjacent to an activating group) is 2. The van der Waals surface area contributed by atoms with Crippen LogP contribution >= 0.6 is 27.3 Å². The predicted octanol–water partition coefficient (Wildman–Crippen LogP) is 4.07. The Hall–Kier alpha value is -1.89. The van der Waals surface area contributed by atoms with E-state index in [9.17, 15) is 13.2 Å². The number of thiazole rings is 1. The molecule has 0 radical (unpaired) electrons. The lowest BCUT2D eigenvalue weighted by Gasteiger charge is -2.22. The number of halogens is 1. The molecule has 0 aliphatic carbocycles. The Labute approximate surface area is 218 Å². The Morgan fingerprint density at radius 3 is 2.54 bits per heavy atom. The Balaban J connectivity index is 1.56. The van der Waals surface area contributed by atoms with Crippen molar-refractivity contribution >= 4 is 58.5 Å². The van der Waals surface area contributed by atoms with Gasteiger partial charge in [-0.25, -0.2) is 13.4 Å². The van der Waals surface area contributed by atoms with Crippen LogP contribution < -0.4 is 4.90 Å². The van der Waals surface area contributed by atoms with E-state index in [-0.39, 0.29) is 16.9 Å². The molecule has 1 aliphatic rings. The van der Waals surface area contributed by atoms with Crippen LogP contribution in [0.25, 0.3) is 10.2 Å². The van der Waals surface area contributed by atoms with Gasteiger partial charge in [-0.3, -0.25) is 9.69 Å². The predicted molar refractivity (Wildman–Crippen MR) is 143 cm³/mol. The number of rotatable bonds is 9. The molecule has 1 aromatic heterocycles. The van der Waals surface area contributed by atoms with Crippen LogP contribution in [0.2, 0.25) is 0 Å². The fourth-order valence-electron chi connectivity index (χ4n) is 3.86. The summed E-state index contributed by atoms with van der Waals surface area (Å²) in [4.78, 5) is 22.0. The van der Waals surface area contributed by atoms with Gasteiger partial charge in [0.15, 0.2) is 5.13 Å². The number of anilines is 1. The van der Waals surface area contributed by atoms with Crippen molar-refractivity contribution in [2.24, 2.45) is 0 Å². The lowest BCUT2D eigenvalue weighted by atomic mass is 10.2. The Morgan fingerprint density at radius 2 is 1.89 bits per heavy atom. The molecule has 3 aromatic rings. The minimum absolute atomic E-state index is 0.0738. The normalized spacial score (nSPS) is 16.5. The number of carbonyl (C=O) groups is 1. The molecule has 2 aromatic carbocycles. The second-order valence-electron chi connectivity index (χ2n) is 8.81. The van der Waals surface area contributed by atoms with E-state index in [1.54, 1.807) is 24.1 Å². The highest BCUT2D eigenvalue weighted by molar-refractivity contribution is 9.10. The molecule has 0 spiro atoms. The van der Waals surface area contributed by atoms with Gasteiger partial charge < -0.3 is 9.64 Å². The SMILES string of the molecule is CN(C)CCN(C(=O)c1ccc(S(=O)(=O)N(C)CC2CCCO2)cc1)c1nc2ccc(Br)cc2s1. The number of carbonyl (C=O) groups excluding carboxylic acids is 1. The smallest absolute Gasteiger partial charge is 0.260 e. The number of sulfonamides is 1. The second-order valence-corrected chi connectivity index (χ2v) is 12.8. The zero-order chi connectivity index (χ0) is 25.2. The summed E-state index contributed by atoms with van der Waals surface area (Å²) in [7, 11) is 1.78. The van der Waals surface area contributed by atoms with Gasteiger partial charge in [0.25, 0.3) is 5.91 Å². The van der Waals surface area contributed by atoms with Gasteiger partial charge in [-0.05, 0) is 69.4 Å². The number of benzene rings is 2. The van der Waals surface area contributed by atoms with E-state index < -0.39 is 10.0 Å². The summed E-state index contributed by atoms with van der Waals surface area (Å²) in [6, 6.07) is 12.0. The van der Waals surface area contributed by atoms with Crippen molar-refractivity contribution in [3.63, 3.8) is 0 Å². The molecule has 1 fully saturated rings. The number of nitrogens with zero attached hydrogens (tertiary/aromatic N) is 4. The summed E-state index contributed by atoms with van der Waals surface area (Å²) >= 11 is 4.93. The fraction of sp³-hybridized carbons (Fsp3) is 0.417. The van der Waals surface area contributed by atoms with Gasteiger partial charge in [0.1, 0.15) is 0 Å². The molecule has 35 heavy (non-hydrogen) atoms. The van der Waals surface area contributed by atoms with Crippen LogP contribution in [0.5, 0.6) is 0 Å². The van der Waals surface area contributed by atoms with Gasteiger partial charge in [-0.2, -0.15) is 4.31 Å². The minimum Gasteiger partial charge on any atom is -0.377 e. The molecule has 8 nitrogen and oxygen atoms in total. The van der Waals surface area contributed by atoms with Crippen LogP contribution in [0.4, 0.5) is 5.13 Å². The van der Waals surface area contributed by atoms with Crippen molar-refractivity contribution in [3.05, 3.63) is 52.5 Å². The Morgan fingerprint density at radius 1 is 1.14 bits per heavy atom. The molecule has 188 valence electrons. The molecule has 1 unspecified atom stereocenters. The zero-order valence-electron chi connectivity index (χ0n) is 20.0. The number of hydrogen-bond donors (Lipinski definition) is 0. The Kier molecular flexibility index (Phi) is 8.24. The first-order valence-electron chi connectivity index (χ1n) is 11.4. The number of fused-ring (bicyclic) bond motifs is 1. The first-order valence-corrected chi connectivity index (χ1v) is 14.4. The van der Waals surface area contributed by atoms with Crippen molar-refractivity contribution in [1.82, 2.24) is 14.2 Å². The first kappa shape index (κ1) is 26.2. The van der Waals surface area contributed by atoms with Crippen LogP contribution in [0, 0.1) is 0 Å². The van der Waals surface area contributed by atoms with E-state index in [0.717, 1.165) is 27.5 Å². The highest BCUT2D eigenvalue weighted by atomic mass is 79.9. The molecule has 1 aliphatic heterocycles. The Bertz CT molecular complexity index is 1290. The lowest BCUT2D eigenvalue weighted by molar-refractivity contribution is 0.0978. The monoisotopic (exact) mass is 580 g/mol. The largest absolute Gasteiger partial charge is 0.377 e. The molecular formula is C24H29BrN4O4S2. The molecule has 0 bridgehead atoms. The number of amides is 1. The van der Waals surface area contributed by atoms with E-state index in [1.165, 1.54) is 27.8 Å². The molecule has 0 saturated carbocycles. The minimum atomic E-state index is -3.68. The van der Waals surface area contributed by atoms with Crippen molar-refractivity contribution in [3.8, 4) is 0 Å². The summed E-state index contributed by atoms with van der Waals surface area (Å²) in [5.74, 6) is -0.221. The number of hydrogen-bond acceptors (Lipinski definition) is 7. The van der Waals surface area contributed by atoms with E-state index >= 15 is 0 Å². The quantitative estimate of drug-likeness (QED) is 0.379. The average molecular weight is 582 g/mol. The van der Waals surface area contributed by atoms with Gasteiger partial charge >= 0.3 is 0 Å². The average Bonchev–Trinajstić information content (AvgIpc) is 3.48. The summed E-state index contributed by atoms with van der Waals surface area (Å²) in [6.07, 6.45) is 1.74. The maximum absolute atomic E-state index is 13.5. The maximum Gasteiger partial charge on any atom is 0.260 e. The number of aromatic nitrogens is 1. The first-order chi connectivity index (χ1) is 16.6. The standard InChI is InChI=1S/C24H29BrN4O4S2/c1-27(2)12-13-29(24-26-21-11-8-18(25)15-22(21)34-24)23(30)17-6-9-20(10-7-17)35(31,32)28(3)16-19-5-4-14-33-19/h6-11,15,19H,4-5,12-14,16H2,1-3H3. The van der Waals surface area contributed by atoms with Gasteiger partial charge in [0, 0.05) is 43.3 Å². The van der Waals surface area contributed by atoms with Gasteiger partial charge in [-0.15, -0.1) is 0 Å². The van der Waals surface area contributed by atoms with E-state index in [2.05, 4.69) is 20.9 Å². The maximum atomic E-state index is 13.5. The van der Waals surface area contributed by atoms with E-state index in [4.69, 9.17) is 4.74 Å². The van der Waals surface area contributed by atoms with Crippen LogP contribution in [-0.4, -0.2) is 82.0 Å². The van der Waals surface area contributed by atoms with E-state index in [0.29, 0.717) is 36.9 Å². The topological polar surface area (TPSA) is 83.1 Å². The summed E-state index contributed by atoms with van der Waals surface area (Å²) in [5, 5.41) is 0.609. The molecule has 2 heterocycles. The highest BCUT2D eigenvalue weighted by Gasteiger charge is 2.27. The van der Waals surface area contributed by atoms with Crippen molar-refractivity contribution in [2.45, 2.75) is 23.8 Å². The molecule has 1 saturated heterocycles. The third-order valence-electron chi connectivity index (χ3n) is 5.88. The highest BCUT2D eigenvalue weighted by Crippen LogP contribution is 2.32. The molecular weight excluding hydrogens is 552 g/mol. The number of ether oxygens (including phenoxy) is 1. The molecule has 11 heteroatoms. The van der Waals surface area contributed by atoms with Gasteiger partial charge in [0.2, 0.25) is 10.0 Å². The van der Waals surface area contributed by atoms with Crippen LogP contribution in [0.3, 0.4) is 0 Å². The van der Waals surface area contributed by atoms with Crippen LogP contribution in [-0.2, 0) is 14.8 Å². The van der Waals surface area contributed by atoms with Crippen molar-refractivity contribution in [1.29, 1.82) is 0 Å². The van der Waals surface area contributed by atoms with Crippen molar-refractivity contribution in [2.75, 3.05) is 52.3 Å². The fourth-order valence-corrected chi connectivity index (χ4v) is 6.61. The second kappa shape index (κ2) is 11.0. The van der Waals surface area contributed by atoms with Crippen molar-refractivity contribution < 1.29 is 17.9 Å². The van der Waals surface area contributed by atoms with Gasteiger partial charge in [0.05, 0.1) is 21.2 Å².